The average molecular weight is 343 g/mol. The monoisotopic (exact) mass is 343 g/mol. The predicted octanol–water partition coefficient (Wildman–Crippen LogP) is 2.31. The van der Waals surface area contributed by atoms with E-state index in [-0.39, 0.29) is 17.9 Å². The third-order valence-electron chi connectivity index (χ3n) is 4.71. The van der Waals surface area contributed by atoms with Gasteiger partial charge < -0.3 is 18.9 Å². The van der Waals surface area contributed by atoms with Gasteiger partial charge in [0.1, 0.15) is 6.10 Å². The first-order chi connectivity index (χ1) is 12.1. The molecule has 7 heteroatoms. The summed E-state index contributed by atoms with van der Waals surface area (Å²) in [6, 6.07) is 7.43. The maximum absolute atomic E-state index is 13.0. The number of para-hydroxylation sites is 2. The Morgan fingerprint density at radius 2 is 2.00 bits per heavy atom. The summed E-state index contributed by atoms with van der Waals surface area (Å²) in [7, 11) is 0. The zero-order valence-electron chi connectivity index (χ0n) is 14.3. The fourth-order valence-electron chi connectivity index (χ4n) is 3.43. The molecule has 2 aromatic rings. The summed E-state index contributed by atoms with van der Waals surface area (Å²) >= 11 is 0. The Balaban J connectivity index is 1.49. The maximum Gasteiger partial charge on any atom is 0.267 e. The summed E-state index contributed by atoms with van der Waals surface area (Å²) in [6.07, 6.45) is 0.855. The molecule has 4 rings (SSSR count). The van der Waals surface area contributed by atoms with Gasteiger partial charge in [-0.3, -0.25) is 4.79 Å². The molecule has 2 aliphatic heterocycles. The van der Waals surface area contributed by atoms with E-state index >= 15 is 0 Å². The van der Waals surface area contributed by atoms with Crippen molar-refractivity contribution in [2.75, 3.05) is 13.1 Å². The second-order valence-corrected chi connectivity index (χ2v) is 6.61. The quantitative estimate of drug-likeness (QED) is 0.833. The van der Waals surface area contributed by atoms with Gasteiger partial charge in [-0.2, -0.15) is 4.98 Å². The van der Waals surface area contributed by atoms with Crippen LogP contribution in [0.25, 0.3) is 0 Å². The van der Waals surface area contributed by atoms with Crippen LogP contribution in [0.1, 0.15) is 37.4 Å². The lowest BCUT2D eigenvalue weighted by Crippen LogP contribution is -2.52. The second kappa shape index (κ2) is 6.38. The number of fused-ring (bicyclic) bond motifs is 1. The van der Waals surface area contributed by atoms with Crippen molar-refractivity contribution >= 4 is 5.91 Å². The van der Waals surface area contributed by atoms with E-state index in [1.807, 2.05) is 36.1 Å². The van der Waals surface area contributed by atoms with E-state index < -0.39 is 6.10 Å². The number of hydrogen-bond acceptors (Lipinski definition) is 6. The van der Waals surface area contributed by atoms with Gasteiger partial charge in [0, 0.05) is 13.1 Å². The molecule has 1 amide bonds. The molecule has 3 atom stereocenters. The molecule has 0 aliphatic carbocycles. The van der Waals surface area contributed by atoms with E-state index in [1.54, 1.807) is 6.92 Å². The molecule has 0 bridgehead atoms. The average Bonchev–Trinajstić information content (AvgIpc) is 3.07. The minimum atomic E-state index is -0.641. The van der Waals surface area contributed by atoms with Crippen LogP contribution in [0.15, 0.2) is 28.8 Å². The van der Waals surface area contributed by atoms with E-state index in [0.29, 0.717) is 36.3 Å². The molecule has 7 nitrogen and oxygen atoms in total. The Morgan fingerprint density at radius 3 is 2.72 bits per heavy atom. The number of carbonyl (C=O) groups is 1. The molecule has 0 spiro atoms. The largest absolute Gasteiger partial charge is 0.482 e. The smallest absolute Gasteiger partial charge is 0.267 e. The number of nitrogens with zero attached hydrogens (tertiary/aromatic N) is 3. The molecule has 132 valence electrons. The highest BCUT2D eigenvalue weighted by Crippen LogP contribution is 2.34. The Bertz CT molecular complexity index is 775. The number of piperidine rings is 1. The number of rotatable bonds is 2. The predicted molar refractivity (Wildman–Crippen MR) is 88.5 cm³/mol. The first-order valence-corrected chi connectivity index (χ1v) is 8.63. The molecule has 1 aromatic heterocycles. The zero-order chi connectivity index (χ0) is 17.4. The van der Waals surface area contributed by atoms with Gasteiger partial charge in [-0.15, -0.1) is 0 Å². The summed E-state index contributed by atoms with van der Waals surface area (Å²) < 4.78 is 17.1. The number of ether oxygens (including phenoxy) is 2. The highest BCUT2D eigenvalue weighted by molar-refractivity contribution is 5.82. The van der Waals surface area contributed by atoms with Gasteiger partial charge in [-0.25, -0.2) is 0 Å². The third kappa shape index (κ3) is 3.06. The number of likely N-dealkylation sites (tertiary alicyclic amines) is 1. The SMILES string of the molecule is Cc1noc([C@@H]2CCCN(C(=O)[C@@H]3Oc4ccccc4O[C@H]3C)C2)n1. The fourth-order valence-corrected chi connectivity index (χ4v) is 3.43. The number of aromatic nitrogens is 2. The lowest BCUT2D eigenvalue weighted by molar-refractivity contribution is -0.145. The third-order valence-corrected chi connectivity index (χ3v) is 4.71. The van der Waals surface area contributed by atoms with Crippen LogP contribution in [-0.4, -0.2) is 46.2 Å². The van der Waals surface area contributed by atoms with Gasteiger partial charge in [0.25, 0.3) is 5.91 Å². The Labute approximate surface area is 145 Å². The minimum Gasteiger partial charge on any atom is -0.482 e. The molecule has 0 saturated carbocycles. The first-order valence-electron chi connectivity index (χ1n) is 8.63. The Morgan fingerprint density at radius 1 is 1.24 bits per heavy atom. The van der Waals surface area contributed by atoms with Crippen molar-refractivity contribution in [3.05, 3.63) is 36.0 Å². The van der Waals surface area contributed by atoms with E-state index in [4.69, 9.17) is 14.0 Å². The van der Waals surface area contributed by atoms with E-state index in [9.17, 15) is 4.79 Å². The maximum atomic E-state index is 13.0. The zero-order valence-corrected chi connectivity index (χ0v) is 14.3. The van der Waals surface area contributed by atoms with Crippen molar-refractivity contribution in [3.63, 3.8) is 0 Å². The topological polar surface area (TPSA) is 77.7 Å². The van der Waals surface area contributed by atoms with E-state index in [1.165, 1.54) is 0 Å². The summed E-state index contributed by atoms with van der Waals surface area (Å²) in [5, 5.41) is 3.85. The molecule has 3 heterocycles. The van der Waals surface area contributed by atoms with Crippen LogP contribution < -0.4 is 9.47 Å². The van der Waals surface area contributed by atoms with Gasteiger partial charge in [0.05, 0.1) is 5.92 Å². The lowest BCUT2D eigenvalue weighted by atomic mass is 9.97. The lowest BCUT2D eigenvalue weighted by Gasteiger charge is -2.37. The molecular formula is C18H21N3O4. The van der Waals surface area contributed by atoms with Gasteiger partial charge in [-0.05, 0) is 38.8 Å². The van der Waals surface area contributed by atoms with Crippen LogP contribution in [0.2, 0.25) is 0 Å². The van der Waals surface area contributed by atoms with Crippen molar-refractivity contribution in [3.8, 4) is 11.5 Å². The summed E-state index contributed by atoms with van der Waals surface area (Å²) in [4.78, 5) is 19.1. The summed E-state index contributed by atoms with van der Waals surface area (Å²) in [6.45, 7) is 4.93. The number of carbonyl (C=O) groups excluding carboxylic acids is 1. The van der Waals surface area contributed by atoms with Crippen molar-refractivity contribution in [2.45, 2.75) is 44.8 Å². The van der Waals surface area contributed by atoms with Crippen molar-refractivity contribution < 1.29 is 18.8 Å². The molecule has 0 radical (unpaired) electrons. The second-order valence-electron chi connectivity index (χ2n) is 6.61. The van der Waals surface area contributed by atoms with Gasteiger partial charge in [0.2, 0.25) is 12.0 Å². The normalized spacial score (nSPS) is 25.7. The Kier molecular flexibility index (Phi) is 4.07. The van der Waals surface area contributed by atoms with Crippen LogP contribution in [0, 0.1) is 6.92 Å². The molecular weight excluding hydrogens is 322 g/mol. The van der Waals surface area contributed by atoms with Gasteiger partial charge in [-0.1, -0.05) is 17.3 Å². The summed E-state index contributed by atoms with van der Waals surface area (Å²) in [5.41, 5.74) is 0. The van der Waals surface area contributed by atoms with Crippen molar-refractivity contribution in [2.24, 2.45) is 0 Å². The van der Waals surface area contributed by atoms with E-state index in [2.05, 4.69) is 10.1 Å². The fraction of sp³-hybridized carbons (Fsp3) is 0.500. The van der Waals surface area contributed by atoms with Crippen LogP contribution in [0.4, 0.5) is 0 Å². The molecule has 1 saturated heterocycles. The number of amides is 1. The first kappa shape index (κ1) is 15.9. The molecule has 2 aliphatic rings. The van der Waals surface area contributed by atoms with Gasteiger partial charge in [0.15, 0.2) is 17.3 Å². The highest BCUT2D eigenvalue weighted by atomic mass is 16.6. The molecule has 1 aromatic carbocycles. The standard InChI is InChI=1S/C18H21N3O4/c1-11-16(24-15-8-4-3-7-14(15)23-11)18(22)21-9-5-6-13(10-21)17-19-12(2)20-25-17/h3-4,7-8,11,13,16H,5-6,9-10H2,1-2H3/t11-,13+,16+/m0/s1. The van der Waals surface area contributed by atoms with Crippen molar-refractivity contribution in [1.29, 1.82) is 0 Å². The number of benzene rings is 1. The van der Waals surface area contributed by atoms with Gasteiger partial charge >= 0.3 is 0 Å². The van der Waals surface area contributed by atoms with Crippen LogP contribution in [0.3, 0.4) is 0 Å². The number of aryl methyl sites for hydroxylation is 1. The summed E-state index contributed by atoms with van der Waals surface area (Å²) in [5.74, 6) is 2.53. The van der Waals surface area contributed by atoms with Crippen LogP contribution >= 0.6 is 0 Å². The minimum absolute atomic E-state index is 0.0528. The highest BCUT2D eigenvalue weighted by Gasteiger charge is 2.39. The Hall–Kier alpha value is -2.57. The molecule has 0 N–H and O–H groups in total. The molecule has 1 fully saturated rings. The van der Waals surface area contributed by atoms with Crippen LogP contribution in [0.5, 0.6) is 11.5 Å². The number of hydrogen-bond donors (Lipinski definition) is 0. The van der Waals surface area contributed by atoms with E-state index in [0.717, 1.165) is 12.8 Å². The van der Waals surface area contributed by atoms with Crippen LogP contribution in [-0.2, 0) is 4.79 Å². The molecule has 25 heavy (non-hydrogen) atoms. The van der Waals surface area contributed by atoms with Crippen molar-refractivity contribution in [1.82, 2.24) is 15.0 Å². The molecule has 0 unspecified atom stereocenters.